The summed E-state index contributed by atoms with van der Waals surface area (Å²) in [4.78, 5) is 10.9. The fourth-order valence-electron chi connectivity index (χ4n) is 1.93. The Hall–Kier alpha value is -1.80. The Morgan fingerprint density at radius 2 is 1.78 bits per heavy atom. The van der Waals surface area contributed by atoms with Crippen molar-refractivity contribution in [1.82, 2.24) is 0 Å². The van der Waals surface area contributed by atoms with Crippen LogP contribution in [0.4, 0.5) is 0 Å². The number of benzene rings is 2. The van der Waals surface area contributed by atoms with Crippen LogP contribution in [0.3, 0.4) is 0 Å². The van der Waals surface area contributed by atoms with E-state index in [9.17, 15) is 4.79 Å². The summed E-state index contributed by atoms with van der Waals surface area (Å²) in [6, 6.07) is 15.4. The maximum Gasteiger partial charge on any atom is 0.307 e. The van der Waals surface area contributed by atoms with E-state index in [0.29, 0.717) is 17.0 Å². The zero-order chi connectivity index (χ0) is 13.0. The number of aliphatic carboxylic acids is 1. The molecule has 0 unspecified atom stereocenters. The first-order valence-electron chi connectivity index (χ1n) is 5.69. The molecule has 2 aromatic carbocycles. The fourth-order valence-corrected chi connectivity index (χ4v) is 2.19. The average molecular weight is 261 g/mol. The quantitative estimate of drug-likeness (QED) is 0.913. The number of halogens is 1. The van der Waals surface area contributed by atoms with Crippen molar-refractivity contribution in [3.8, 4) is 0 Å². The summed E-state index contributed by atoms with van der Waals surface area (Å²) in [7, 11) is 0. The highest BCUT2D eigenvalue weighted by Gasteiger charge is 2.11. The van der Waals surface area contributed by atoms with Crippen LogP contribution in [-0.2, 0) is 17.6 Å². The van der Waals surface area contributed by atoms with Crippen molar-refractivity contribution in [1.29, 1.82) is 0 Å². The van der Waals surface area contributed by atoms with Crippen molar-refractivity contribution < 1.29 is 9.90 Å². The molecule has 0 aliphatic heterocycles. The predicted octanol–water partition coefficient (Wildman–Crippen LogP) is 3.56. The predicted molar refractivity (Wildman–Crippen MR) is 72.0 cm³/mol. The Balaban J connectivity index is 2.32. The van der Waals surface area contributed by atoms with Gasteiger partial charge in [-0.2, -0.15) is 0 Å². The summed E-state index contributed by atoms with van der Waals surface area (Å²) in [6.07, 6.45) is 0.659. The van der Waals surface area contributed by atoms with E-state index in [1.807, 2.05) is 42.5 Å². The van der Waals surface area contributed by atoms with Crippen molar-refractivity contribution in [2.24, 2.45) is 0 Å². The van der Waals surface area contributed by atoms with Gasteiger partial charge < -0.3 is 5.11 Å². The molecule has 2 aromatic rings. The SMILES string of the molecule is O=C(O)Cc1c(Cl)cccc1Cc1ccccc1. The van der Waals surface area contributed by atoms with E-state index in [1.54, 1.807) is 6.07 Å². The van der Waals surface area contributed by atoms with Gasteiger partial charge in [-0.05, 0) is 29.2 Å². The van der Waals surface area contributed by atoms with Crippen LogP contribution in [0.25, 0.3) is 0 Å². The molecule has 0 aliphatic rings. The molecule has 0 radical (unpaired) electrons. The molecular weight excluding hydrogens is 248 g/mol. The minimum absolute atomic E-state index is 0.0398. The van der Waals surface area contributed by atoms with E-state index in [1.165, 1.54) is 0 Å². The van der Waals surface area contributed by atoms with Crippen LogP contribution in [0.5, 0.6) is 0 Å². The summed E-state index contributed by atoms with van der Waals surface area (Å²) in [5.41, 5.74) is 2.82. The van der Waals surface area contributed by atoms with Gasteiger partial charge in [0.25, 0.3) is 0 Å². The van der Waals surface area contributed by atoms with Gasteiger partial charge in [-0.15, -0.1) is 0 Å². The summed E-state index contributed by atoms with van der Waals surface area (Å²) in [5, 5.41) is 9.44. The second-order valence-electron chi connectivity index (χ2n) is 4.11. The molecule has 1 N–H and O–H groups in total. The highest BCUT2D eigenvalue weighted by molar-refractivity contribution is 6.31. The molecule has 92 valence electrons. The molecule has 0 saturated heterocycles. The number of hydrogen-bond donors (Lipinski definition) is 1. The van der Waals surface area contributed by atoms with Crippen LogP contribution in [0.1, 0.15) is 16.7 Å². The van der Waals surface area contributed by atoms with E-state index in [-0.39, 0.29) is 6.42 Å². The van der Waals surface area contributed by atoms with E-state index in [2.05, 4.69) is 0 Å². The van der Waals surface area contributed by atoms with Crippen molar-refractivity contribution in [2.75, 3.05) is 0 Å². The zero-order valence-corrected chi connectivity index (χ0v) is 10.5. The lowest BCUT2D eigenvalue weighted by molar-refractivity contribution is -0.136. The van der Waals surface area contributed by atoms with Gasteiger partial charge in [0.1, 0.15) is 0 Å². The third kappa shape index (κ3) is 3.11. The Bertz CT molecular complexity index is 550. The van der Waals surface area contributed by atoms with Gasteiger partial charge in [0.05, 0.1) is 6.42 Å². The second kappa shape index (κ2) is 5.69. The first-order chi connectivity index (χ1) is 8.66. The summed E-state index contributed by atoms with van der Waals surface area (Å²) in [5.74, 6) is -0.864. The number of hydrogen-bond acceptors (Lipinski definition) is 1. The maximum atomic E-state index is 10.9. The molecule has 2 nitrogen and oxygen atoms in total. The van der Waals surface area contributed by atoms with Crippen LogP contribution >= 0.6 is 11.6 Å². The van der Waals surface area contributed by atoms with Crippen molar-refractivity contribution in [3.05, 3.63) is 70.2 Å². The van der Waals surface area contributed by atoms with E-state index in [4.69, 9.17) is 16.7 Å². The molecule has 0 aromatic heterocycles. The Morgan fingerprint density at radius 1 is 1.06 bits per heavy atom. The Kier molecular flexibility index (Phi) is 4.00. The van der Waals surface area contributed by atoms with Gasteiger partial charge in [-0.3, -0.25) is 4.79 Å². The van der Waals surface area contributed by atoms with Crippen LogP contribution in [0, 0.1) is 0 Å². The highest BCUT2D eigenvalue weighted by Crippen LogP contribution is 2.23. The van der Waals surface area contributed by atoms with Gasteiger partial charge in [0.2, 0.25) is 0 Å². The molecule has 0 spiro atoms. The van der Waals surface area contributed by atoms with E-state index >= 15 is 0 Å². The lowest BCUT2D eigenvalue weighted by Gasteiger charge is -2.09. The number of rotatable bonds is 4. The smallest absolute Gasteiger partial charge is 0.307 e. The average Bonchev–Trinajstić information content (AvgIpc) is 2.34. The van der Waals surface area contributed by atoms with Crippen LogP contribution in [-0.4, -0.2) is 11.1 Å². The van der Waals surface area contributed by atoms with Gasteiger partial charge >= 0.3 is 5.97 Å². The molecule has 0 atom stereocenters. The van der Waals surface area contributed by atoms with Crippen LogP contribution in [0.2, 0.25) is 5.02 Å². The lowest BCUT2D eigenvalue weighted by Crippen LogP contribution is -2.05. The van der Waals surface area contributed by atoms with Gasteiger partial charge in [-0.1, -0.05) is 54.1 Å². The summed E-state index contributed by atoms with van der Waals surface area (Å²) >= 11 is 6.08. The number of carbonyl (C=O) groups is 1. The molecule has 0 amide bonds. The summed E-state index contributed by atoms with van der Waals surface area (Å²) in [6.45, 7) is 0. The lowest BCUT2D eigenvalue weighted by atomic mass is 9.98. The first-order valence-corrected chi connectivity index (χ1v) is 6.06. The molecule has 3 heteroatoms. The molecule has 0 fully saturated rings. The van der Waals surface area contributed by atoms with Gasteiger partial charge in [0, 0.05) is 5.02 Å². The van der Waals surface area contributed by atoms with Crippen molar-refractivity contribution in [3.63, 3.8) is 0 Å². The minimum atomic E-state index is -0.864. The van der Waals surface area contributed by atoms with E-state index < -0.39 is 5.97 Å². The third-order valence-electron chi connectivity index (χ3n) is 2.78. The standard InChI is InChI=1S/C15H13ClO2/c16-14-8-4-7-12(13(14)10-15(17)18)9-11-5-2-1-3-6-11/h1-8H,9-10H2,(H,17,18). The normalized spacial score (nSPS) is 10.3. The molecule has 0 saturated carbocycles. The minimum Gasteiger partial charge on any atom is -0.481 e. The molecule has 0 aliphatic carbocycles. The molecule has 0 heterocycles. The van der Waals surface area contributed by atoms with Crippen LogP contribution < -0.4 is 0 Å². The van der Waals surface area contributed by atoms with Gasteiger partial charge in [0.15, 0.2) is 0 Å². The monoisotopic (exact) mass is 260 g/mol. The van der Waals surface area contributed by atoms with Crippen molar-refractivity contribution in [2.45, 2.75) is 12.8 Å². The Labute approximate surface area is 111 Å². The zero-order valence-electron chi connectivity index (χ0n) is 9.77. The fraction of sp³-hybridized carbons (Fsp3) is 0.133. The molecule has 2 rings (SSSR count). The maximum absolute atomic E-state index is 10.9. The Morgan fingerprint density at radius 3 is 2.44 bits per heavy atom. The molecule has 0 bridgehead atoms. The number of carboxylic acids is 1. The number of carboxylic acid groups (broad SMARTS) is 1. The molecular formula is C15H13ClO2. The van der Waals surface area contributed by atoms with Gasteiger partial charge in [-0.25, -0.2) is 0 Å². The van der Waals surface area contributed by atoms with Crippen LogP contribution in [0.15, 0.2) is 48.5 Å². The highest BCUT2D eigenvalue weighted by atomic mass is 35.5. The second-order valence-corrected chi connectivity index (χ2v) is 4.52. The topological polar surface area (TPSA) is 37.3 Å². The molecule has 18 heavy (non-hydrogen) atoms. The third-order valence-corrected chi connectivity index (χ3v) is 3.14. The van der Waals surface area contributed by atoms with Crippen molar-refractivity contribution >= 4 is 17.6 Å². The largest absolute Gasteiger partial charge is 0.481 e. The summed E-state index contributed by atoms with van der Waals surface area (Å²) < 4.78 is 0. The van der Waals surface area contributed by atoms with E-state index in [0.717, 1.165) is 11.1 Å². The first kappa shape index (κ1) is 12.7.